The zero-order valence-electron chi connectivity index (χ0n) is 7.70. The third kappa shape index (κ3) is 3.46. The van der Waals surface area contributed by atoms with Gasteiger partial charge in [0, 0.05) is 0 Å². The van der Waals surface area contributed by atoms with Crippen LogP contribution in [0.1, 0.15) is 27.2 Å². The molecule has 0 amide bonds. The van der Waals surface area contributed by atoms with Crippen LogP contribution in [-0.2, 0) is 0 Å². The van der Waals surface area contributed by atoms with Crippen molar-refractivity contribution in [2.45, 2.75) is 27.2 Å². The van der Waals surface area contributed by atoms with Crippen molar-refractivity contribution >= 4 is 23.2 Å². The van der Waals surface area contributed by atoms with Gasteiger partial charge in [-0.3, -0.25) is 0 Å². The molecule has 12 heavy (non-hydrogen) atoms. The van der Waals surface area contributed by atoms with Crippen LogP contribution in [-0.4, -0.2) is 0 Å². The van der Waals surface area contributed by atoms with E-state index in [1.165, 1.54) is 0 Å². The molecule has 0 atom stereocenters. The Labute approximate surface area is 84.6 Å². The summed E-state index contributed by atoms with van der Waals surface area (Å²) < 4.78 is 0. The summed E-state index contributed by atoms with van der Waals surface area (Å²) in [6.45, 7) is 5.94. The van der Waals surface area contributed by atoms with Crippen LogP contribution in [0.5, 0.6) is 0 Å². The van der Waals surface area contributed by atoms with Crippen molar-refractivity contribution in [1.82, 2.24) is 0 Å². The Bertz CT molecular complexity index is 222. The average molecular weight is 205 g/mol. The second kappa shape index (κ2) is 6.33. The minimum Gasteiger partial charge on any atom is -0.0830 e. The first-order valence-electron chi connectivity index (χ1n) is 4.11. The lowest BCUT2D eigenvalue weighted by atomic mass is 10.3. The Morgan fingerprint density at radius 1 is 1.25 bits per heavy atom. The molecule has 0 N–H and O–H groups in total. The maximum Gasteiger partial charge on any atom is 0.0618 e. The Balaban J connectivity index is 0.000000561. The topological polar surface area (TPSA) is 0 Å². The smallest absolute Gasteiger partial charge is 0.0618 e. The molecule has 2 heteroatoms. The summed E-state index contributed by atoms with van der Waals surface area (Å²) >= 11 is 11.6. The normalized spacial score (nSPS) is 16.2. The molecule has 1 rings (SSSR count). The second-order valence-electron chi connectivity index (χ2n) is 2.19. The van der Waals surface area contributed by atoms with E-state index in [4.69, 9.17) is 23.2 Å². The second-order valence-corrected chi connectivity index (χ2v) is 2.97. The van der Waals surface area contributed by atoms with Crippen molar-refractivity contribution in [3.63, 3.8) is 0 Å². The molecular weight excluding hydrogens is 191 g/mol. The zero-order valence-corrected chi connectivity index (χ0v) is 9.21. The van der Waals surface area contributed by atoms with Gasteiger partial charge in [-0.1, -0.05) is 55.3 Å². The van der Waals surface area contributed by atoms with Crippen molar-refractivity contribution < 1.29 is 0 Å². The molecule has 0 aromatic carbocycles. The zero-order chi connectivity index (χ0) is 9.56. The summed E-state index contributed by atoms with van der Waals surface area (Å²) in [4.78, 5) is 0. The Morgan fingerprint density at radius 2 is 1.83 bits per heavy atom. The molecule has 0 nitrogen and oxygen atoms in total. The van der Waals surface area contributed by atoms with E-state index in [1.54, 1.807) is 0 Å². The molecule has 0 radical (unpaired) electrons. The van der Waals surface area contributed by atoms with E-state index in [1.807, 2.05) is 39.0 Å². The summed E-state index contributed by atoms with van der Waals surface area (Å²) in [5.41, 5.74) is 1.03. The van der Waals surface area contributed by atoms with E-state index >= 15 is 0 Å². The largest absolute Gasteiger partial charge is 0.0830 e. The lowest BCUT2D eigenvalue weighted by Crippen LogP contribution is -1.74. The third-order valence-electron chi connectivity index (χ3n) is 1.36. The van der Waals surface area contributed by atoms with E-state index in [0.29, 0.717) is 10.1 Å². The van der Waals surface area contributed by atoms with E-state index in [9.17, 15) is 0 Å². The Hall–Kier alpha value is -0.200. The quantitative estimate of drug-likeness (QED) is 0.541. The molecule has 0 saturated heterocycles. The van der Waals surface area contributed by atoms with Crippen LogP contribution >= 0.6 is 23.2 Å². The first-order valence-corrected chi connectivity index (χ1v) is 4.86. The fourth-order valence-electron chi connectivity index (χ4n) is 0.767. The molecule has 0 aromatic heterocycles. The van der Waals surface area contributed by atoms with Gasteiger partial charge < -0.3 is 0 Å². The van der Waals surface area contributed by atoms with Gasteiger partial charge >= 0.3 is 0 Å². The SMILES string of the molecule is CC.CC1=C(Cl)C(Cl)=CCC=C1. The molecule has 1 aliphatic carbocycles. The lowest BCUT2D eigenvalue weighted by Gasteiger charge is -1.95. The molecule has 1 aliphatic rings. The highest BCUT2D eigenvalue weighted by Crippen LogP contribution is 2.25. The predicted octanol–water partition coefficient (Wildman–Crippen LogP) is 4.61. The Kier molecular flexibility index (Phi) is 6.23. The van der Waals surface area contributed by atoms with Gasteiger partial charge in [0.05, 0.1) is 10.1 Å². The molecule has 0 bridgehead atoms. The molecule has 0 spiro atoms. The van der Waals surface area contributed by atoms with Crippen molar-refractivity contribution in [3.05, 3.63) is 33.9 Å². The summed E-state index contributed by atoms with van der Waals surface area (Å²) in [5.74, 6) is 0. The molecule has 0 aliphatic heterocycles. The third-order valence-corrected chi connectivity index (χ3v) is 2.30. The maximum absolute atomic E-state index is 5.85. The fraction of sp³-hybridized carbons (Fsp3) is 0.400. The number of hydrogen-bond acceptors (Lipinski definition) is 0. The molecular formula is C10H14Cl2. The van der Waals surface area contributed by atoms with Gasteiger partial charge in [-0.05, 0) is 18.9 Å². The standard InChI is InChI=1S/C8H8Cl2.C2H6/c1-6-4-2-3-5-7(9)8(6)10;1-2/h2,4-5H,3H2,1H3;1-2H3. The molecule has 0 heterocycles. The van der Waals surface area contributed by atoms with E-state index in [2.05, 4.69) is 0 Å². The molecule has 68 valence electrons. The van der Waals surface area contributed by atoms with Crippen molar-refractivity contribution in [1.29, 1.82) is 0 Å². The van der Waals surface area contributed by atoms with Crippen molar-refractivity contribution in [3.8, 4) is 0 Å². The minimum absolute atomic E-state index is 0.657. The maximum atomic E-state index is 5.85. The van der Waals surface area contributed by atoms with E-state index in [-0.39, 0.29) is 0 Å². The molecule has 0 unspecified atom stereocenters. The lowest BCUT2D eigenvalue weighted by molar-refractivity contribution is 1.39. The fourth-order valence-corrected chi connectivity index (χ4v) is 1.15. The van der Waals surface area contributed by atoms with Gasteiger partial charge in [-0.15, -0.1) is 0 Å². The van der Waals surface area contributed by atoms with Crippen LogP contribution in [0, 0.1) is 0 Å². The summed E-state index contributed by atoms with van der Waals surface area (Å²) in [7, 11) is 0. The monoisotopic (exact) mass is 204 g/mol. The van der Waals surface area contributed by atoms with E-state index < -0.39 is 0 Å². The molecule has 0 saturated carbocycles. The van der Waals surface area contributed by atoms with Gasteiger partial charge in [0.1, 0.15) is 0 Å². The summed E-state index contributed by atoms with van der Waals surface area (Å²) in [5, 5.41) is 1.32. The van der Waals surface area contributed by atoms with Crippen LogP contribution in [0.4, 0.5) is 0 Å². The number of halogens is 2. The van der Waals surface area contributed by atoms with Crippen LogP contribution in [0.2, 0.25) is 0 Å². The van der Waals surface area contributed by atoms with Gasteiger partial charge in [0.2, 0.25) is 0 Å². The number of allylic oxidation sites excluding steroid dienone is 6. The van der Waals surface area contributed by atoms with Crippen LogP contribution in [0.25, 0.3) is 0 Å². The van der Waals surface area contributed by atoms with Gasteiger partial charge in [-0.25, -0.2) is 0 Å². The van der Waals surface area contributed by atoms with E-state index in [0.717, 1.165) is 12.0 Å². The van der Waals surface area contributed by atoms with Crippen molar-refractivity contribution in [2.24, 2.45) is 0 Å². The van der Waals surface area contributed by atoms with Crippen LogP contribution in [0.3, 0.4) is 0 Å². The number of rotatable bonds is 0. The highest BCUT2D eigenvalue weighted by molar-refractivity contribution is 6.44. The average Bonchev–Trinajstić information content (AvgIpc) is 2.24. The highest BCUT2D eigenvalue weighted by atomic mass is 35.5. The van der Waals surface area contributed by atoms with Crippen LogP contribution in [0.15, 0.2) is 33.9 Å². The van der Waals surface area contributed by atoms with Crippen LogP contribution < -0.4 is 0 Å². The first kappa shape index (κ1) is 11.8. The summed E-state index contributed by atoms with van der Waals surface area (Å²) in [6.07, 6.45) is 6.78. The van der Waals surface area contributed by atoms with Gasteiger partial charge in [0.25, 0.3) is 0 Å². The predicted molar refractivity (Wildman–Crippen MR) is 57.6 cm³/mol. The first-order chi connectivity index (χ1) is 5.72. The number of hydrogen-bond donors (Lipinski definition) is 0. The molecule has 0 fully saturated rings. The van der Waals surface area contributed by atoms with Gasteiger partial charge in [0.15, 0.2) is 0 Å². The minimum atomic E-state index is 0.657. The van der Waals surface area contributed by atoms with Gasteiger partial charge in [-0.2, -0.15) is 0 Å². The Morgan fingerprint density at radius 3 is 2.42 bits per heavy atom. The summed E-state index contributed by atoms with van der Waals surface area (Å²) in [6, 6.07) is 0. The van der Waals surface area contributed by atoms with Crippen molar-refractivity contribution in [2.75, 3.05) is 0 Å². The highest BCUT2D eigenvalue weighted by Gasteiger charge is 2.02. The molecule has 0 aromatic rings.